The maximum Gasteiger partial charge on any atom is 0.337 e. The van der Waals surface area contributed by atoms with Crippen molar-refractivity contribution in [2.45, 2.75) is 25.3 Å². The topological polar surface area (TPSA) is 81.4 Å². The number of carbonyl (C=O) groups excluding carboxylic acids is 2. The van der Waals surface area contributed by atoms with Gasteiger partial charge in [-0.15, -0.1) is 0 Å². The highest BCUT2D eigenvalue weighted by Gasteiger charge is 2.27. The van der Waals surface area contributed by atoms with Crippen molar-refractivity contribution in [3.05, 3.63) is 29.8 Å². The first-order valence-corrected chi connectivity index (χ1v) is 6.35. The van der Waals surface area contributed by atoms with Crippen molar-refractivity contribution in [2.24, 2.45) is 11.7 Å². The number of hydrogen-bond acceptors (Lipinski definition) is 4. The Hall–Kier alpha value is -1.88. The molecule has 5 heteroatoms. The fourth-order valence-electron chi connectivity index (χ4n) is 2.31. The van der Waals surface area contributed by atoms with Crippen molar-refractivity contribution >= 4 is 17.6 Å². The Morgan fingerprint density at radius 1 is 1.26 bits per heavy atom. The van der Waals surface area contributed by atoms with Gasteiger partial charge in [-0.2, -0.15) is 0 Å². The molecule has 0 spiro atoms. The Bertz CT molecular complexity index is 470. The van der Waals surface area contributed by atoms with Crippen LogP contribution in [0.5, 0.6) is 0 Å². The van der Waals surface area contributed by atoms with E-state index in [2.05, 4.69) is 10.1 Å². The third-order valence-electron chi connectivity index (χ3n) is 3.42. The summed E-state index contributed by atoms with van der Waals surface area (Å²) in [7, 11) is 1.33. The molecule has 1 aromatic rings. The van der Waals surface area contributed by atoms with E-state index in [4.69, 9.17) is 5.73 Å². The molecule has 102 valence electrons. The largest absolute Gasteiger partial charge is 0.465 e. The molecule has 0 unspecified atom stereocenters. The van der Waals surface area contributed by atoms with Crippen molar-refractivity contribution in [1.82, 2.24) is 0 Å². The van der Waals surface area contributed by atoms with Gasteiger partial charge in [0.2, 0.25) is 5.91 Å². The predicted octanol–water partition coefficient (Wildman–Crippen LogP) is 1.54. The average Bonchev–Trinajstić information content (AvgIpc) is 2.85. The van der Waals surface area contributed by atoms with Crippen molar-refractivity contribution < 1.29 is 14.3 Å². The van der Waals surface area contributed by atoms with Crippen LogP contribution in [0.1, 0.15) is 29.6 Å². The zero-order chi connectivity index (χ0) is 13.8. The van der Waals surface area contributed by atoms with Crippen molar-refractivity contribution in [3.63, 3.8) is 0 Å². The number of nitrogens with two attached hydrogens (primary N) is 1. The molecule has 2 rings (SSSR count). The van der Waals surface area contributed by atoms with Gasteiger partial charge in [0.05, 0.1) is 12.7 Å². The van der Waals surface area contributed by atoms with E-state index < -0.39 is 0 Å². The zero-order valence-corrected chi connectivity index (χ0v) is 10.9. The molecular weight excluding hydrogens is 244 g/mol. The second-order valence-corrected chi connectivity index (χ2v) is 4.83. The Labute approximate surface area is 112 Å². The second kappa shape index (κ2) is 5.84. The lowest BCUT2D eigenvalue weighted by Gasteiger charge is -2.11. The number of esters is 1. The number of methoxy groups -OCH3 is 1. The minimum Gasteiger partial charge on any atom is -0.465 e. The number of ether oxygens (including phenoxy) is 1. The van der Waals surface area contributed by atoms with E-state index in [0.717, 1.165) is 19.3 Å². The monoisotopic (exact) mass is 262 g/mol. The quantitative estimate of drug-likeness (QED) is 0.809. The summed E-state index contributed by atoms with van der Waals surface area (Å²) in [5.41, 5.74) is 6.93. The van der Waals surface area contributed by atoms with Crippen LogP contribution < -0.4 is 11.1 Å². The van der Waals surface area contributed by atoms with Crippen LogP contribution in [0.3, 0.4) is 0 Å². The van der Waals surface area contributed by atoms with E-state index in [1.807, 2.05) is 0 Å². The number of amides is 1. The molecule has 1 aromatic carbocycles. The SMILES string of the molecule is COC(=O)c1ccc(NC(=O)[C@H]2CC[C@@H](N)C2)cc1. The number of benzene rings is 1. The van der Waals surface area contributed by atoms with Gasteiger partial charge in [-0.3, -0.25) is 4.79 Å². The third-order valence-corrected chi connectivity index (χ3v) is 3.42. The first-order valence-electron chi connectivity index (χ1n) is 6.35. The van der Waals surface area contributed by atoms with E-state index in [1.54, 1.807) is 24.3 Å². The van der Waals surface area contributed by atoms with E-state index in [9.17, 15) is 9.59 Å². The summed E-state index contributed by atoms with van der Waals surface area (Å²) in [6.07, 6.45) is 2.48. The van der Waals surface area contributed by atoms with Crippen LogP contribution in [-0.4, -0.2) is 25.0 Å². The van der Waals surface area contributed by atoms with Gasteiger partial charge in [0.1, 0.15) is 0 Å². The van der Waals surface area contributed by atoms with Gasteiger partial charge < -0.3 is 15.8 Å². The number of hydrogen-bond donors (Lipinski definition) is 2. The van der Waals surface area contributed by atoms with Crippen LogP contribution in [0.2, 0.25) is 0 Å². The molecule has 0 heterocycles. The third kappa shape index (κ3) is 3.32. The first-order chi connectivity index (χ1) is 9.10. The number of anilines is 1. The summed E-state index contributed by atoms with van der Waals surface area (Å²) >= 11 is 0. The predicted molar refractivity (Wildman–Crippen MR) is 71.7 cm³/mol. The van der Waals surface area contributed by atoms with Gasteiger partial charge in [-0.05, 0) is 43.5 Å². The van der Waals surface area contributed by atoms with Crippen LogP contribution in [0.4, 0.5) is 5.69 Å². The number of rotatable bonds is 3. The smallest absolute Gasteiger partial charge is 0.337 e. The van der Waals surface area contributed by atoms with Crippen molar-refractivity contribution in [2.75, 3.05) is 12.4 Å². The molecule has 2 atom stereocenters. The molecule has 5 nitrogen and oxygen atoms in total. The standard InChI is InChI=1S/C14H18N2O3/c1-19-14(18)9-3-6-12(7-4-9)16-13(17)10-2-5-11(15)8-10/h3-4,6-7,10-11H,2,5,8,15H2,1H3,(H,16,17)/t10-,11+/m0/s1. The Morgan fingerprint density at radius 3 is 2.47 bits per heavy atom. The molecule has 0 aromatic heterocycles. The Morgan fingerprint density at radius 2 is 1.95 bits per heavy atom. The van der Waals surface area contributed by atoms with Gasteiger partial charge in [0.25, 0.3) is 0 Å². The van der Waals surface area contributed by atoms with E-state index in [0.29, 0.717) is 11.3 Å². The minimum atomic E-state index is -0.389. The molecule has 0 saturated heterocycles. The van der Waals surface area contributed by atoms with Crippen LogP contribution >= 0.6 is 0 Å². The minimum absolute atomic E-state index is 0.00114. The van der Waals surface area contributed by atoms with Crippen molar-refractivity contribution in [3.8, 4) is 0 Å². The van der Waals surface area contributed by atoms with Gasteiger partial charge in [0, 0.05) is 17.6 Å². The lowest BCUT2D eigenvalue weighted by atomic mass is 10.1. The highest BCUT2D eigenvalue weighted by molar-refractivity contribution is 5.94. The van der Waals surface area contributed by atoms with Gasteiger partial charge >= 0.3 is 5.97 Å². The highest BCUT2D eigenvalue weighted by Crippen LogP contribution is 2.25. The van der Waals surface area contributed by atoms with Crippen LogP contribution in [0.25, 0.3) is 0 Å². The molecule has 19 heavy (non-hydrogen) atoms. The zero-order valence-electron chi connectivity index (χ0n) is 10.9. The van der Waals surface area contributed by atoms with Crippen molar-refractivity contribution in [1.29, 1.82) is 0 Å². The maximum absolute atomic E-state index is 12.0. The summed E-state index contributed by atoms with van der Waals surface area (Å²) in [5, 5.41) is 2.84. The molecule has 0 radical (unpaired) electrons. The fraction of sp³-hybridized carbons (Fsp3) is 0.429. The molecule has 1 saturated carbocycles. The second-order valence-electron chi connectivity index (χ2n) is 4.83. The summed E-state index contributed by atoms with van der Waals surface area (Å²) in [6, 6.07) is 6.78. The van der Waals surface area contributed by atoms with Gasteiger partial charge in [-0.1, -0.05) is 0 Å². The first kappa shape index (κ1) is 13.5. The molecule has 1 aliphatic carbocycles. The molecule has 3 N–H and O–H groups in total. The molecular formula is C14H18N2O3. The number of carbonyl (C=O) groups is 2. The van der Waals surface area contributed by atoms with Crippen LogP contribution in [0.15, 0.2) is 24.3 Å². The lowest BCUT2D eigenvalue weighted by Crippen LogP contribution is -2.23. The van der Waals surface area contributed by atoms with Gasteiger partial charge in [-0.25, -0.2) is 4.79 Å². The number of nitrogens with one attached hydrogen (secondary N) is 1. The summed E-state index contributed by atoms with van der Waals surface area (Å²) in [4.78, 5) is 23.2. The summed E-state index contributed by atoms with van der Waals surface area (Å²) in [6.45, 7) is 0. The van der Waals surface area contributed by atoms with Crippen LogP contribution in [0, 0.1) is 5.92 Å². The summed E-state index contributed by atoms with van der Waals surface area (Å²) < 4.78 is 4.61. The maximum atomic E-state index is 12.0. The molecule has 1 amide bonds. The fourth-order valence-corrected chi connectivity index (χ4v) is 2.31. The molecule has 0 bridgehead atoms. The Kier molecular flexibility index (Phi) is 4.16. The highest BCUT2D eigenvalue weighted by atomic mass is 16.5. The molecule has 0 aliphatic heterocycles. The van der Waals surface area contributed by atoms with E-state index in [1.165, 1.54) is 7.11 Å². The average molecular weight is 262 g/mol. The normalized spacial score (nSPS) is 22.0. The molecule has 1 fully saturated rings. The van der Waals surface area contributed by atoms with E-state index in [-0.39, 0.29) is 23.8 Å². The van der Waals surface area contributed by atoms with E-state index >= 15 is 0 Å². The van der Waals surface area contributed by atoms with Gasteiger partial charge in [0.15, 0.2) is 0 Å². The molecule has 1 aliphatic rings. The van der Waals surface area contributed by atoms with Crippen LogP contribution in [-0.2, 0) is 9.53 Å². The lowest BCUT2D eigenvalue weighted by molar-refractivity contribution is -0.119. The Balaban J connectivity index is 1.96. The summed E-state index contributed by atoms with van der Waals surface area (Å²) in [5.74, 6) is -0.395.